The molecule has 1 aromatic rings. The lowest BCUT2D eigenvalue weighted by atomic mass is 10.4. The lowest BCUT2D eigenvalue weighted by Gasteiger charge is -1.98. The van der Waals surface area contributed by atoms with Crippen LogP contribution in [0.2, 0.25) is 0 Å². The number of aryl methyl sites for hydroxylation is 2. The van der Waals surface area contributed by atoms with Gasteiger partial charge in [-0.05, 0) is 26.1 Å². The molecule has 1 heterocycles. The predicted octanol–water partition coefficient (Wildman–Crippen LogP) is 2.62. The van der Waals surface area contributed by atoms with E-state index in [2.05, 4.69) is 0 Å². The number of furan rings is 1. The van der Waals surface area contributed by atoms with Gasteiger partial charge in [0.15, 0.2) is 10.8 Å². The molecular weight excluding hydrogens is 160 g/mol. The van der Waals surface area contributed by atoms with E-state index >= 15 is 0 Å². The molecule has 0 atom stereocenters. The molecule has 0 saturated carbocycles. The van der Waals surface area contributed by atoms with E-state index in [0.29, 0.717) is 5.05 Å². The van der Waals surface area contributed by atoms with Crippen molar-refractivity contribution in [3.63, 3.8) is 0 Å². The molecule has 0 spiro atoms. The van der Waals surface area contributed by atoms with Gasteiger partial charge in [0.2, 0.25) is 0 Å². The summed E-state index contributed by atoms with van der Waals surface area (Å²) < 4.78 is 10.4. The van der Waals surface area contributed by atoms with Gasteiger partial charge in [0, 0.05) is 13.0 Å². The van der Waals surface area contributed by atoms with E-state index in [1.54, 1.807) is 6.92 Å². The number of hydrogen-bond acceptors (Lipinski definition) is 3. The molecule has 0 unspecified atom stereocenters. The molecule has 0 aliphatic heterocycles. The van der Waals surface area contributed by atoms with E-state index < -0.39 is 0 Å². The highest BCUT2D eigenvalue weighted by atomic mass is 32.1. The van der Waals surface area contributed by atoms with E-state index in [1.807, 2.05) is 19.9 Å². The summed E-state index contributed by atoms with van der Waals surface area (Å²) in [6.45, 7) is 5.45. The fourth-order valence-corrected chi connectivity index (χ4v) is 0.953. The second-order valence-corrected chi connectivity index (χ2v) is 2.95. The zero-order chi connectivity index (χ0) is 8.43. The maximum atomic E-state index is 5.23. The lowest BCUT2D eigenvalue weighted by Crippen LogP contribution is -1.98. The molecule has 0 bridgehead atoms. The van der Waals surface area contributed by atoms with Crippen LogP contribution in [0.25, 0.3) is 0 Å². The van der Waals surface area contributed by atoms with Crippen molar-refractivity contribution in [1.29, 1.82) is 0 Å². The molecule has 0 aliphatic carbocycles. The van der Waals surface area contributed by atoms with Crippen molar-refractivity contribution in [2.45, 2.75) is 20.8 Å². The highest BCUT2D eigenvalue weighted by molar-refractivity contribution is 7.80. The van der Waals surface area contributed by atoms with E-state index in [-0.39, 0.29) is 0 Å². The molecule has 0 fully saturated rings. The van der Waals surface area contributed by atoms with Gasteiger partial charge in [-0.1, -0.05) is 0 Å². The minimum atomic E-state index is 0.508. The molecule has 11 heavy (non-hydrogen) atoms. The Balaban J connectivity index is 2.85. The number of hydrogen-bond donors (Lipinski definition) is 0. The minimum Gasteiger partial charge on any atom is -0.463 e. The highest BCUT2D eigenvalue weighted by Gasteiger charge is 2.05. The van der Waals surface area contributed by atoms with Crippen molar-refractivity contribution in [2.75, 3.05) is 0 Å². The van der Waals surface area contributed by atoms with Crippen LogP contribution >= 0.6 is 12.2 Å². The van der Waals surface area contributed by atoms with Crippen LogP contribution in [0.4, 0.5) is 0 Å². The average molecular weight is 170 g/mol. The normalized spacial score (nSPS) is 9.73. The van der Waals surface area contributed by atoms with Gasteiger partial charge in [-0.15, -0.1) is 0 Å². The first-order valence-electron chi connectivity index (χ1n) is 3.35. The van der Waals surface area contributed by atoms with E-state index in [9.17, 15) is 0 Å². The summed E-state index contributed by atoms with van der Waals surface area (Å²) in [7, 11) is 0. The van der Waals surface area contributed by atoms with Gasteiger partial charge in [-0.2, -0.15) is 0 Å². The van der Waals surface area contributed by atoms with E-state index in [0.717, 1.165) is 17.3 Å². The number of ether oxygens (including phenoxy) is 1. The highest BCUT2D eigenvalue weighted by Crippen LogP contribution is 2.21. The Labute approximate surface area is 71.2 Å². The monoisotopic (exact) mass is 170 g/mol. The van der Waals surface area contributed by atoms with Gasteiger partial charge in [0.1, 0.15) is 11.5 Å². The number of rotatable bonds is 1. The second-order valence-electron chi connectivity index (χ2n) is 2.37. The predicted molar refractivity (Wildman–Crippen MR) is 47.1 cm³/mol. The van der Waals surface area contributed by atoms with Crippen LogP contribution < -0.4 is 4.74 Å². The van der Waals surface area contributed by atoms with Crippen molar-refractivity contribution >= 4 is 17.3 Å². The Morgan fingerprint density at radius 2 is 2.18 bits per heavy atom. The lowest BCUT2D eigenvalue weighted by molar-refractivity contribution is 0.477. The summed E-state index contributed by atoms with van der Waals surface area (Å²) in [5.41, 5.74) is 0. The molecule has 0 aliphatic rings. The van der Waals surface area contributed by atoms with Crippen LogP contribution in [0, 0.1) is 13.8 Å². The molecule has 0 radical (unpaired) electrons. The smallest absolute Gasteiger partial charge is 0.169 e. The van der Waals surface area contributed by atoms with E-state index in [4.69, 9.17) is 21.4 Å². The molecule has 1 rings (SSSR count). The fraction of sp³-hybridized carbons (Fsp3) is 0.375. The quantitative estimate of drug-likeness (QED) is 0.605. The van der Waals surface area contributed by atoms with Crippen molar-refractivity contribution in [3.05, 3.63) is 17.6 Å². The summed E-state index contributed by atoms with van der Waals surface area (Å²) in [6, 6.07) is 1.82. The van der Waals surface area contributed by atoms with Crippen molar-refractivity contribution in [2.24, 2.45) is 0 Å². The van der Waals surface area contributed by atoms with Crippen LogP contribution in [-0.2, 0) is 0 Å². The first-order chi connectivity index (χ1) is 5.09. The van der Waals surface area contributed by atoms with Crippen LogP contribution in [0.3, 0.4) is 0 Å². The summed E-state index contributed by atoms with van der Waals surface area (Å²) in [5, 5.41) is 0.508. The molecular formula is C8H10O2S. The number of thiocarbonyl (C=S) groups is 1. The van der Waals surface area contributed by atoms with Crippen LogP contribution in [0.5, 0.6) is 5.75 Å². The van der Waals surface area contributed by atoms with Gasteiger partial charge >= 0.3 is 0 Å². The minimum absolute atomic E-state index is 0.508. The summed E-state index contributed by atoms with van der Waals surface area (Å²) in [4.78, 5) is 0. The van der Waals surface area contributed by atoms with Crippen molar-refractivity contribution < 1.29 is 9.15 Å². The SMILES string of the molecule is CC(=S)Oc1cc(C)oc1C. The Hall–Kier alpha value is -0.830. The largest absolute Gasteiger partial charge is 0.463 e. The molecule has 3 heteroatoms. The van der Waals surface area contributed by atoms with Crippen molar-refractivity contribution in [1.82, 2.24) is 0 Å². The summed E-state index contributed by atoms with van der Waals surface area (Å²) in [6.07, 6.45) is 0. The zero-order valence-electron chi connectivity index (χ0n) is 6.80. The van der Waals surface area contributed by atoms with Gasteiger partial charge in [-0.3, -0.25) is 0 Å². The Kier molecular flexibility index (Phi) is 2.29. The third kappa shape index (κ3) is 2.05. The first-order valence-corrected chi connectivity index (χ1v) is 3.76. The summed E-state index contributed by atoms with van der Waals surface area (Å²) in [5.74, 6) is 2.33. The maximum Gasteiger partial charge on any atom is 0.169 e. The standard InChI is InChI=1S/C8H10O2S/c1-5-4-8(6(2)9-5)10-7(3)11/h4H,1-3H3. The molecule has 0 aromatic carbocycles. The molecule has 60 valence electrons. The summed E-state index contributed by atoms with van der Waals surface area (Å²) >= 11 is 4.78. The van der Waals surface area contributed by atoms with Gasteiger partial charge in [0.05, 0.1) is 0 Å². The molecule has 0 N–H and O–H groups in total. The Bertz CT molecular complexity index is 276. The topological polar surface area (TPSA) is 22.4 Å². The maximum absolute atomic E-state index is 5.23. The van der Waals surface area contributed by atoms with Crippen LogP contribution in [0.1, 0.15) is 18.4 Å². The molecule has 0 saturated heterocycles. The van der Waals surface area contributed by atoms with Crippen LogP contribution in [-0.4, -0.2) is 5.05 Å². The van der Waals surface area contributed by atoms with Gasteiger partial charge < -0.3 is 9.15 Å². The first kappa shape index (κ1) is 8.27. The van der Waals surface area contributed by atoms with Crippen LogP contribution in [0.15, 0.2) is 10.5 Å². The Morgan fingerprint density at radius 1 is 1.55 bits per heavy atom. The zero-order valence-corrected chi connectivity index (χ0v) is 7.62. The van der Waals surface area contributed by atoms with Crippen molar-refractivity contribution in [3.8, 4) is 5.75 Å². The average Bonchev–Trinajstić information content (AvgIpc) is 2.09. The third-order valence-electron chi connectivity index (χ3n) is 1.25. The molecule has 2 nitrogen and oxygen atoms in total. The molecule has 0 amide bonds. The Morgan fingerprint density at radius 3 is 2.55 bits per heavy atom. The molecule has 1 aromatic heterocycles. The third-order valence-corrected chi connectivity index (χ3v) is 1.33. The van der Waals surface area contributed by atoms with Gasteiger partial charge in [-0.25, -0.2) is 0 Å². The van der Waals surface area contributed by atoms with E-state index in [1.165, 1.54) is 0 Å². The second kappa shape index (κ2) is 3.05. The van der Waals surface area contributed by atoms with Gasteiger partial charge in [0.25, 0.3) is 0 Å². The fourth-order valence-electron chi connectivity index (χ4n) is 0.864.